The maximum absolute atomic E-state index is 13.0. The van der Waals surface area contributed by atoms with Gasteiger partial charge >= 0.3 is 6.09 Å². The lowest BCUT2D eigenvalue weighted by molar-refractivity contribution is 0.0156. The average molecular weight is 458 g/mol. The second kappa shape index (κ2) is 10.3. The third kappa shape index (κ3) is 5.80. The zero-order valence-electron chi connectivity index (χ0n) is 20.7. The van der Waals surface area contributed by atoms with Crippen LogP contribution in [0.5, 0.6) is 5.75 Å². The van der Waals surface area contributed by atoms with Gasteiger partial charge in [0.15, 0.2) is 0 Å². The van der Waals surface area contributed by atoms with E-state index >= 15 is 0 Å². The number of rotatable bonds is 7. The maximum Gasteiger partial charge on any atom is 0.410 e. The highest BCUT2D eigenvalue weighted by molar-refractivity contribution is 5.69. The number of nitrogens with zero attached hydrogens (tertiary/aromatic N) is 1. The lowest BCUT2D eigenvalue weighted by Crippen LogP contribution is -2.45. The van der Waals surface area contributed by atoms with Crippen molar-refractivity contribution in [2.75, 3.05) is 6.54 Å². The number of carbonyl (C=O) groups is 1. The van der Waals surface area contributed by atoms with Gasteiger partial charge in [-0.05, 0) is 74.9 Å². The molecule has 1 amide bonds. The molecule has 0 unspecified atom stereocenters. The number of hydrogen-bond donors (Lipinski definition) is 0. The standard InChI is InChI=1S/C30H35NO3/c1-5-31(29(32)34-30(2,3)4)28-20-24-13-9-10-14-26(24)27(28)19-22-15-17-25(18-16-22)33-21-23-11-7-6-8-12-23/h6-18,27-28H,5,19-21H2,1-4H3/t27-,28-/m1/s1. The molecular weight excluding hydrogens is 422 g/mol. The topological polar surface area (TPSA) is 38.8 Å². The fraction of sp³-hybridized carbons (Fsp3) is 0.367. The van der Waals surface area contributed by atoms with Gasteiger partial charge in [-0.2, -0.15) is 0 Å². The molecule has 3 aromatic carbocycles. The van der Waals surface area contributed by atoms with Gasteiger partial charge in [-0.15, -0.1) is 0 Å². The number of fused-ring (bicyclic) bond motifs is 1. The summed E-state index contributed by atoms with van der Waals surface area (Å²) in [4.78, 5) is 15.0. The molecule has 3 aromatic rings. The Bertz CT molecular complexity index is 1090. The van der Waals surface area contributed by atoms with E-state index in [1.165, 1.54) is 16.7 Å². The van der Waals surface area contributed by atoms with Gasteiger partial charge in [0.1, 0.15) is 18.0 Å². The fourth-order valence-electron chi connectivity index (χ4n) is 4.77. The van der Waals surface area contributed by atoms with E-state index in [-0.39, 0.29) is 18.1 Å². The molecule has 0 spiro atoms. The lowest BCUT2D eigenvalue weighted by atomic mass is 9.90. The summed E-state index contributed by atoms with van der Waals surface area (Å²) in [5, 5.41) is 0. The van der Waals surface area contributed by atoms with Crippen molar-refractivity contribution in [3.05, 3.63) is 101 Å². The number of likely N-dealkylation sites (N-methyl/N-ethyl adjacent to an activating group) is 1. The van der Waals surface area contributed by atoms with Gasteiger partial charge in [-0.25, -0.2) is 4.79 Å². The third-order valence-corrected chi connectivity index (χ3v) is 6.34. The molecule has 0 bridgehead atoms. The van der Waals surface area contributed by atoms with Crippen molar-refractivity contribution < 1.29 is 14.3 Å². The summed E-state index contributed by atoms with van der Waals surface area (Å²) >= 11 is 0. The van der Waals surface area contributed by atoms with Gasteiger partial charge in [-0.3, -0.25) is 0 Å². The molecule has 2 atom stereocenters. The van der Waals surface area contributed by atoms with E-state index in [9.17, 15) is 4.79 Å². The number of ether oxygens (including phenoxy) is 2. The van der Waals surface area contributed by atoms with Crippen LogP contribution < -0.4 is 4.74 Å². The molecule has 4 nitrogen and oxygen atoms in total. The van der Waals surface area contributed by atoms with E-state index in [4.69, 9.17) is 9.47 Å². The number of hydrogen-bond acceptors (Lipinski definition) is 3. The quantitative estimate of drug-likeness (QED) is 0.393. The smallest absolute Gasteiger partial charge is 0.410 e. The van der Waals surface area contributed by atoms with Crippen LogP contribution in [0.25, 0.3) is 0 Å². The maximum atomic E-state index is 13.0. The number of carbonyl (C=O) groups excluding carboxylic acids is 1. The Labute approximate surface area is 203 Å². The SMILES string of the molecule is CCN(C(=O)OC(C)(C)C)[C@@H]1Cc2ccccc2[C@H]1Cc1ccc(OCc2ccccc2)cc1. The van der Waals surface area contributed by atoms with E-state index in [1.54, 1.807) is 0 Å². The van der Waals surface area contributed by atoms with Crippen molar-refractivity contribution in [1.82, 2.24) is 4.90 Å². The molecule has 1 aliphatic rings. The summed E-state index contributed by atoms with van der Waals surface area (Å²) < 4.78 is 11.7. The normalized spacial score (nSPS) is 17.2. The van der Waals surface area contributed by atoms with Gasteiger partial charge in [0, 0.05) is 18.5 Å². The molecule has 0 fully saturated rings. The van der Waals surface area contributed by atoms with Crippen molar-refractivity contribution in [3.63, 3.8) is 0 Å². The molecule has 0 aliphatic heterocycles. The Morgan fingerprint density at radius 2 is 1.59 bits per heavy atom. The Morgan fingerprint density at radius 1 is 0.912 bits per heavy atom. The second-order valence-electron chi connectivity index (χ2n) is 9.97. The van der Waals surface area contributed by atoms with Crippen molar-refractivity contribution >= 4 is 6.09 Å². The highest BCUT2D eigenvalue weighted by Crippen LogP contribution is 2.39. The molecule has 34 heavy (non-hydrogen) atoms. The first-order valence-electron chi connectivity index (χ1n) is 12.2. The van der Waals surface area contributed by atoms with Crippen molar-refractivity contribution in [2.24, 2.45) is 0 Å². The third-order valence-electron chi connectivity index (χ3n) is 6.34. The van der Waals surface area contributed by atoms with Crippen LogP contribution in [0, 0.1) is 0 Å². The van der Waals surface area contributed by atoms with Crippen LogP contribution in [0.1, 0.15) is 55.9 Å². The molecule has 4 rings (SSSR count). The molecule has 1 aliphatic carbocycles. The fourth-order valence-corrected chi connectivity index (χ4v) is 4.77. The zero-order valence-corrected chi connectivity index (χ0v) is 20.7. The molecule has 178 valence electrons. The van der Waals surface area contributed by atoms with Crippen LogP contribution in [0.2, 0.25) is 0 Å². The summed E-state index contributed by atoms with van der Waals surface area (Å²) in [7, 11) is 0. The summed E-state index contributed by atoms with van der Waals surface area (Å²) in [5.41, 5.74) is 4.53. The summed E-state index contributed by atoms with van der Waals surface area (Å²) in [6.07, 6.45) is 1.48. The summed E-state index contributed by atoms with van der Waals surface area (Å²) in [6, 6.07) is 27.2. The van der Waals surface area contributed by atoms with Crippen LogP contribution in [0.15, 0.2) is 78.9 Å². The van der Waals surface area contributed by atoms with E-state index in [2.05, 4.69) is 48.5 Å². The second-order valence-corrected chi connectivity index (χ2v) is 9.97. The minimum atomic E-state index is -0.513. The predicted octanol–water partition coefficient (Wildman–Crippen LogP) is 6.77. The molecule has 0 saturated heterocycles. The van der Waals surface area contributed by atoms with E-state index < -0.39 is 5.60 Å². The van der Waals surface area contributed by atoms with Crippen molar-refractivity contribution in [2.45, 2.75) is 64.7 Å². The molecule has 4 heteroatoms. The van der Waals surface area contributed by atoms with Crippen LogP contribution in [-0.2, 0) is 24.2 Å². The van der Waals surface area contributed by atoms with Gasteiger partial charge in [0.2, 0.25) is 0 Å². The van der Waals surface area contributed by atoms with Crippen molar-refractivity contribution in [3.8, 4) is 5.75 Å². The van der Waals surface area contributed by atoms with E-state index in [0.717, 1.165) is 24.2 Å². The molecule has 0 N–H and O–H groups in total. The van der Waals surface area contributed by atoms with Crippen LogP contribution in [0.3, 0.4) is 0 Å². The van der Waals surface area contributed by atoms with Crippen LogP contribution >= 0.6 is 0 Å². The van der Waals surface area contributed by atoms with E-state index in [0.29, 0.717) is 13.2 Å². The van der Waals surface area contributed by atoms with Crippen LogP contribution in [-0.4, -0.2) is 29.2 Å². The Morgan fingerprint density at radius 3 is 2.26 bits per heavy atom. The van der Waals surface area contributed by atoms with E-state index in [1.807, 2.05) is 62.9 Å². The Kier molecular flexibility index (Phi) is 7.26. The molecule has 0 aromatic heterocycles. The number of amides is 1. The van der Waals surface area contributed by atoms with Gasteiger partial charge < -0.3 is 14.4 Å². The highest BCUT2D eigenvalue weighted by atomic mass is 16.6. The minimum absolute atomic E-state index is 0.0752. The first-order valence-corrected chi connectivity index (χ1v) is 12.2. The Hall–Kier alpha value is -3.27. The lowest BCUT2D eigenvalue weighted by Gasteiger charge is -2.34. The van der Waals surface area contributed by atoms with Gasteiger partial charge in [-0.1, -0.05) is 66.7 Å². The minimum Gasteiger partial charge on any atom is -0.489 e. The molecule has 0 saturated carbocycles. The summed E-state index contributed by atoms with van der Waals surface area (Å²) in [5.74, 6) is 1.08. The number of benzene rings is 3. The molecular formula is C30H35NO3. The first kappa shape index (κ1) is 23.9. The zero-order chi connectivity index (χ0) is 24.1. The molecule has 0 heterocycles. The largest absolute Gasteiger partial charge is 0.489 e. The average Bonchev–Trinajstić information content (AvgIpc) is 3.16. The Balaban J connectivity index is 1.50. The van der Waals surface area contributed by atoms with Gasteiger partial charge in [0.05, 0.1) is 0 Å². The van der Waals surface area contributed by atoms with Crippen LogP contribution in [0.4, 0.5) is 4.79 Å². The van der Waals surface area contributed by atoms with Gasteiger partial charge in [0.25, 0.3) is 0 Å². The van der Waals surface area contributed by atoms with Crippen molar-refractivity contribution in [1.29, 1.82) is 0 Å². The highest BCUT2D eigenvalue weighted by Gasteiger charge is 2.39. The molecule has 0 radical (unpaired) electrons. The monoisotopic (exact) mass is 457 g/mol. The first-order chi connectivity index (χ1) is 16.3. The summed E-state index contributed by atoms with van der Waals surface area (Å²) in [6.45, 7) is 8.96. The predicted molar refractivity (Wildman–Crippen MR) is 136 cm³/mol.